The third kappa shape index (κ3) is 4.03. The molecular formula is C23H27NO4. The Labute approximate surface area is 166 Å². The summed E-state index contributed by atoms with van der Waals surface area (Å²) in [5.41, 5.74) is 3.26. The van der Waals surface area contributed by atoms with E-state index >= 15 is 0 Å². The molecule has 0 aliphatic carbocycles. The van der Waals surface area contributed by atoms with Crippen molar-refractivity contribution in [2.45, 2.75) is 26.7 Å². The van der Waals surface area contributed by atoms with Crippen molar-refractivity contribution in [3.8, 4) is 11.5 Å². The van der Waals surface area contributed by atoms with Gasteiger partial charge in [-0.25, -0.2) is 0 Å². The summed E-state index contributed by atoms with van der Waals surface area (Å²) in [7, 11) is 3.18. The molecule has 0 spiro atoms. The molecule has 1 heterocycles. The van der Waals surface area contributed by atoms with Crippen LogP contribution in [-0.4, -0.2) is 37.5 Å². The smallest absolute Gasteiger partial charge is 0.233 e. The van der Waals surface area contributed by atoms with Gasteiger partial charge >= 0.3 is 0 Å². The zero-order valence-electron chi connectivity index (χ0n) is 16.9. The van der Waals surface area contributed by atoms with Gasteiger partial charge in [-0.15, -0.1) is 0 Å². The second-order valence-corrected chi connectivity index (χ2v) is 7.35. The Morgan fingerprint density at radius 3 is 2.18 bits per heavy atom. The number of imide groups is 1. The molecule has 0 N–H and O–H groups in total. The van der Waals surface area contributed by atoms with E-state index in [9.17, 15) is 9.59 Å². The number of hydrogen-bond donors (Lipinski definition) is 0. The SMILES string of the molecule is COc1ccc(CCN2C(=O)[C@@H](Cc3ccc(C)cc3)[C@@H](C)C2=O)cc1OC. The lowest BCUT2D eigenvalue weighted by Gasteiger charge is -2.16. The number of likely N-dealkylation sites (tertiary alicyclic amines) is 1. The summed E-state index contributed by atoms with van der Waals surface area (Å²) in [4.78, 5) is 27.0. The van der Waals surface area contributed by atoms with Gasteiger partial charge in [-0.1, -0.05) is 42.8 Å². The van der Waals surface area contributed by atoms with E-state index in [1.165, 1.54) is 10.5 Å². The number of nitrogens with zero attached hydrogens (tertiary/aromatic N) is 1. The second kappa shape index (κ2) is 8.46. The van der Waals surface area contributed by atoms with E-state index in [-0.39, 0.29) is 23.7 Å². The highest BCUT2D eigenvalue weighted by Gasteiger charge is 2.44. The van der Waals surface area contributed by atoms with Gasteiger partial charge in [-0.3, -0.25) is 14.5 Å². The van der Waals surface area contributed by atoms with Crippen LogP contribution in [0.2, 0.25) is 0 Å². The summed E-state index contributed by atoms with van der Waals surface area (Å²) in [6, 6.07) is 13.8. The van der Waals surface area contributed by atoms with Gasteiger partial charge in [0.2, 0.25) is 11.8 Å². The summed E-state index contributed by atoms with van der Waals surface area (Å²) in [6.45, 7) is 4.27. The van der Waals surface area contributed by atoms with E-state index in [2.05, 4.69) is 0 Å². The van der Waals surface area contributed by atoms with Crippen molar-refractivity contribution in [3.05, 3.63) is 59.2 Å². The number of benzene rings is 2. The molecular weight excluding hydrogens is 354 g/mol. The number of methoxy groups -OCH3 is 2. The number of amides is 2. The molecule has 0 unspecified atom stereocenters. The third-order valence-electron chi connectivity index (χ3n) is 5.49. The standard InChI is InChI=1S/C23H27NO4/c1-15-5-7-17(8-6-15)13-19-16(2)22(25)24(23(19)26)12-11-18-9-10-20(27-3)21(14-18)28-4/h5-10,14,16,19H,11-13H2,1-4H3/t16-,19+/m1/s1. The van der Waals surface area contributed by atoms with Crippen molar-refractivity contribution < 1.29 is 19.1 Å². The fourth-order valence-electron chi connectivity index (χ4n) is 3.68. The van der Waals surface area contributed by atoms with Crippen LogP contribution in [0, 0.1) is 18.8 Å². The van der Waals surface area contributed by atoms with Crippen LogP contribution >= 0.6 is 0 Å². The second-order valence-electron chi connectivity index (χ2n) is 7.35. The Morgan fingerprint density at radius 2 is 1.54 bits per heavy atom. The van der Waals surface area contributed by atoms with Crippen molar-refractivity contribution >= 4 is 11.8 Å². The first kappa shape index (κ1) is 19.9. The highest BCUT2D eigenvalue weighted by molar-refractivity contribution is 6.05. The molecule has 1 aliphatic heterocycles. The van der Waals surface area contributed by atoms with Gasteiger partial charge in [0.1, 0.15) is 0 Å². The minimum atomic E-state index is -0.292. The molecule has 148 valence electrons. The molecule has 1 aliphatic rings. The van der Waals surface area contributed by atoms with Gasteiger partial charge in [0.05, 0.1) is 20.1 Å². The van der Waals surface area contributed by atoms with Crippen LogP contribution in [0.15, 0.2) is 42.5 Å². The van der Waals surface area contributed by atoms with Crippen LogP contribution in [0.1, 0.15) is 23.6 Å². The molecule has 0 bridgehead atoms. The zero-order valence-corrected chi connectivity index (χ0v) is 16.9. The van der Waals surface area contributed by atoms with Crippen molar-refractivity contribution in [1.82, 2.24) is 4.90 Å². The topological polar surface area (TPSA) is 55.8 Å². The van der Waals surface area contributed by atoms with Crippen LogP contribution < -0.4 is 9.47 Å². The lowest BCUT2D eigenvalue weighted by atomic mass is 9.90. The predicted molar refractivity (Wildman–Crippen MR) is 108 cm³/mol. The van der Waals surface area contributed by atoms with Crippen molar-refractivity contribution in [3.63, 3.8) is 0 Å². The molecule has 0 saturated carbocycles. The van der Waals surface area contributed by atoms with Crippen molar-refractivity contribution in [2.75, 3.05) is 20.8 Å². The Balaban J connectivity index is 1.68. The maximum atomic E-state index is 12.9. The molecule has 1 saturated heterocycles. The molecule has 0 radical (unpaired) electrons. The number of ether oxygens (including phenoxy) is 2. The normalized spacial score (nSPS) is 19.2. The molecule has 5 heteroatoms. The first-order chi connectivity index (χ1) is 13.4. The first-order valence-corrected chi connectivity index (χ1v) is 9.56. The van der Waals surface area contributed by atoms with Gasteiger partial charge in [-0.05, 0) is 43.0 Å². The molecule has 5 nitrogen and oxygen atoms in total. The Bertz CT molecular complexity index is 859. The lowest BCUT2D eigenvalue weighted by molar-refractivity contribution is -0.139. The monoisotopic (exact) mass is 381 g/mol. The molecule has 2 aromatic rings. The van der Waals surface area contributed by atoms with Crippen molar-refractivity contribution in [1.29, 1.82) is 0 Å². The molecule has 2 atom stereocenters. The summed E-state index contributed by atoms with van der Waals surface area (Å²) in [6.07, 6.45) is 1.18. The zero-order chi connectivity index (χ0) is 20.3. The molecule has 1 fully saturated rings. The Hall–Kier alpha value is -2.82. The Morgan fingerprint density at radius 1 is 0.893 bits per heavy atom. The van der Waals surface area contributed by atoms with Crippen LogP contribution in [0.3, 0.4) is 0 Å². The van der Waals surface area contributed by atoms with Gasteiger partial charge in [-0.2, -0.15) is 0 Å². The maximum absolute atomic E-state index is 12.9. The lowest BCUT2D eigenvalue weighted by Crippen LogP contribution is -2.33. The van der Waals surface area contributed by atoms with Crippen LogP contribution in [0.5, 0.6) is 11.5 Å². The van der Waals surface area contributed by atoms with Crippen LogP contribution in [0.4, 0.5) is 0 Å². The number of hydrogen-bond acceptors (Lipinski definition) is 4. The molecule has 28 heavy (non-hydrogen) atoms. The van der Waals surface area contributed by atoms with E-state index in [1.54, 1.807) is 14.2 Å². The first-order valence-electron chi connectivity index (χ1n) is 9.56. The third-order valence-corrected chi connectivity index (χ3v) is 5.49. The van der Waals surface area contributed by atoms with Gasteiger partial charge < -0.3 is 9.47 Å². The number of aryl methyl sites for hydroxylation is 1. The maximum Gasteiger partial charge on any atom is 0.233 e. The quantitative estimate of drug-likeness (QED) is 0.690. The van der Waals surface area contributed by atoms with E-state index in [1.807, 2.05) is 56.3 Å². The van der Waals surface area contributed by atoms with E-state index in [0.717, 1.165) is 11.1 Å². The van der Waals surface area contributed by atoms with Crippen LogP contribution in [0.25, 0.3) is 0 Å². The molecule has 2 amide bonds. The average molecular weight is 381 g/mol. The predicted octanol–water partition coefficient (Wildman–Crippen LogP) is 3.42. The van der Waals surface area contributed by atoms with E-state index < -0.39 is 0 Å². The van der Waals surface area contributed by atoms with Crippen LogP contribution in [-0.2, 0) is 22.4 Å². The molecule has 3 rings (SSSR count). The summed E-state index contributed by atoms with van der Waals surface area (Å²) in [5.74, 6) is 0.567. The fourth-order valence-corrected chi connectivity index (χ4v) is 3.68. The summed E-state index contributed by atoms with van der Waals surface area (Å²) >= 11 is 0. The van der Waals surface area contributed by atoms with E-state index in [0.29, 0.717) is 30.9 Å². The molecule has 2 aromatic carbocycles. The number of carbonyl (C=O) groups excluding carboxylic acids is 2. The van der Waals surface area contributed by atoms with Gasteiger partial charge in [0.25, 0.3) is 0 Å². The summed E-state index contributed by atoms with van der Waals surface area (Å²) < 4.78 is 10.6. The Kier molecular flexibility index (Phi) is 6.02. The highest BCUT2D eigenvalue weighted by atomic mass is 16.5. The number of carbonyl (C=O) groups is 2. The van der Waals surface area contributed by atoms with E-state index in [4.69, 9.17) is 9.47 Å². The molecule has 0 aromatic heterocycles. The number of rotatable bonds is 7. The largest absolute Gasteiger partial charge is 0.493 e. The minimum absolute atomic E-state index is 0.0708. The average Bonchev–Trinajstić information content (AvgIpc) is 2.91. The van der Waals surface area contributed by atoms with Gasteiger partial charge in [0.15, 0.2) is 11.5 Å². The fraction of sp³-hybridized carbons (Fsp3) is 0.391. The van der Waals surface area contributed by atoms with Gasteiger partial charge in [0, 0.05) is 12.5 Å². The van der Waals surface area contributed by atoms with Crippen molar-refractivity contribution in [2.24, 2.45) is 11.8 Å². The highest BCUT2D eigenvalue weighted by Crippen LogP contribution is 2.31. The summed E-state index contributed by atoms with van der Waals surface area (Å²) in [5, 5.41) is 0. The minimum Gasteiger partial charge on any atom is -0.493 e.